The fourth-order valence-corrected chi connectivity index (χ4v) is 2.41. The van der Waals surface area contributed by atoms with Crippen LogP contribution in [0.25, 0.3) is 5.57 Å². The van der Waals surface area contributed by atoms with Gasteiger partial charge in [0.15, 0.2) is 0 Å². The van der Waals surface area contributed by atoms with Gasteiger partial charge in [-0.3, -0.25) is 0 Å². The van der Waals surface area contributed by atoms with Crippen LogP contribution in [0.1, 0.15) is 22.4 Å². The summed E-state index contributed by atoms with van der Waals surface area (Å²) in [5.41, 5.74) is 4.09. The molecule has 0 nitrogen and oxygen atoms in total. The minimum atomic E-state index is 0.978. The molecule has 0 bridgehead atoms. The average Bonchev–Trinajstić information content (AvgIpc) is 2.64. The second-order valence-electron chi connectivity index (χ2n) is 3.07. The molecule has 0 fully saturated rings. The Hall–Kier alpha value is -0.820. The summed E-state index contributed by atoms with van der Waals surface area (Å²) in [4.78, 5) is 1.39. The maximum atomic E-state index is 3.34. The molecular formula is C11H11S. The van der Waals surface area contributed by atoms with Gasteiger partial charge >= 0.3 is 0 Å². The van der Waals surface area contributed by atoms with Crippen LogP contribution < -0.4 is 0 Å². The molecule has 0 saturated heterocycles. The molecular weight excluding hydrogens is 164 g/mol. The number of hydrogen-bond donors (Lipinski definition) is 0. The molecule has 1 aliphatic carbocycles. The minimum absolute atomic E-state index is 0.978. The number of thiophene rings is 1. The van der Waals surface area contributed by atoms with Crippen LogP contribution in [0.15, 0.2) is 17.5 Å². The van der Waals surface area contributed by atoms with Crippen molar-refractivity contribution < 1.29 is 0 Å². The first-order valence-corrected chi connectivity index (χ1v) is 4.99. The fourth-order valence-electron chi connectivity index (χ4n) is 1.33. The van der Waals surface area contributed by atoms with Gasteiger partial charge in [-0.2, -0.15) is 0 Å². The molecule has 2 rings (SSSR count). The van der Waals surface area contributed by atoms with Crippen LogP contribution in [0.4, 0.5) is 0 Å². The Morgan fingerprint density at radius 2 is 2.25 bits per heavy atom. The second kappa shape index (κ2) is 2.91. The molecule has 1 aliphatic rings. The van der Waals surface area contributed by atoms with Crippen LogP contribution in [0.2, 0.25) is 0 Å². The predicted octanol–water partition coefficient (Wildman–Crippen LogP) is 3.51. The maximum Gasteiger partial charge on any atom is 0.0377 e. The van der Waals surface area contributed by atoms with Gasteiger partial charge in [0.1, 0.15) is 0 Å². The van der Waals surface area contributed by atoms with Gasteiger partial charge in [-0.1, -0.05) is 12.2 Å². The predicted molar refractivity (Wildman–Crippen MR) is 54.2 cm³/mol. The smallest absolute Gasteiger partial charge is 0.0377 e. The third kappa shape index (κ3) is 1.14. The monoisotopic (exact) mass is 175 g/mol. The van der Waals surface area contributed by atoms with Gasteiger partial charge < -0.3 is 0 Å². The Kier molecular flexibility index (Phi) is 1.89. The molecule has 12 heavy (non-hydrogen) atoms. The van der Waals surface area contributed by atoms with Crippen LogP contribution in [-0.2, 0) is 0 Å². The number of hydrogen-bond acceptors (Lipinski definition) is 1. The summed E-state index contributed by atoms with van der Waals surface area (Å²) in [5.74, 6) is 0. The molecule has 1 radical (unpaired) electrons. The van der Waals surface area contributed by atoms with Crippen molar-refractivity contribution in [3.63, 3.8) is 0 Å². The van der Waals surface area contributed by atoms with Crippen molar-refractivity contribution in [2.45, 2.75) is 20.3 Å². The topological polar surface area (TPSA) is 0 Å². The van der Waals surface area contributed by atoms with Crippen molar-refractivity contribution in [1.29, 1.82) is 0 Å². The molecule has 1 heterocycles. The van der Waals surface area contributed by atoms with E-state index in [1.54, 1.807) is 0 Å². The Labute approximate surface area is 77.2 Å². The van der Waals surface area contributed by atoms with Gasteiger partial charge in [0.2, 0.25) is 0 Å². The van der Waals surface area contributed by atoms with E-state index in [1.165, 1.54) is 21.6 Å². The summed E-state index contributed by atoms with van der Waals surface area (Å²) in [6, 6.07) is 0. The van der Waals surface area contributed by atoms with E-state index < -0.39 is 0 Å². The third-order valence-electron chi connectivity index (χ3n) is 2.23. The summed E-state index contributed by atoms with van der Waals surface area (Å²) >= 11 is 1.82. The SMILES string of the molecule is Cc1csc(C2=[C]CC=C2)c1C. The lowest BCUT2D eigenvalue weighted by Gasteiger charge is -1.97. The van der Waals surface area contributed by atoms with Gasteiger partial charge in [0.25, 0.3) is 0 Å². The number of allylic oxidation sites excluding steroid dienone is 4. The van der Waals surface area contributed by atoms with Crippen molar-refractivity contribution in [3.05, 3.63) is 39.6 Å². The van der Waals surface area contributed by atoms with E-state index in [4.69, 9.17) is 0 Å². The van der Waals surface area contributed by atoms with E-state index in [2.05, 4.69) is 37.5 Å². The zero-order chi connectivity index (χ0) is 8.55. The summed E-state index contributed by atoms with van der Waals surface area (Å²) < 4.78 is 0. The quantitative estimate of drug-likeness (QED) is 0.612. The van der Waals surface area contributed by atoms with Gasteiger partial charge in [0, 0.05) is 4.88 Å². The largest absolute Gasteiger partial charge is 0.143 e. The maximum absolute atomic E-state index is 3.34. The number of rotatable bonds is 1. The molecule has 0 saturated carbocycles. The highest BCUT2D eigenvalue weighted by atomic mass is 32.1. The molecule has 0 N–H and O–H groups in total. The second-order valence-corrected chi connectivity index (χ2v) is 3.95. The molecule has 0 aliphatic heterocycles. The van der Waals surface area contributed by atoms with Crippen LogP contribution in [0.5, 0.6) is 0 Å². The van der Waals surface area contributed by atoms with Gasteiger partial charge in [-0.25, -0.2) is 0 Å². The van der Waals surface area contributed by atoms with Crippen LogP contribution >= 0.6 is 11.3 Å². The molecule has 0 spiro atoms. The van der Waals surface area contributed by atoms with Gasteiger partial charge in [0.05, 0.1) is 0 Å². The van der Waals surface area contributed by atoms with E-state index in [1.807, 2.05) is 11.3 Å². The highest BCUT2D eigenvalue weighted by molar-refractivity contribution is 7.11. The van der Waals surface area contributed by atoms with E-state index in [0.29, 0.717) is 0 Å². The van der Waals surface area contributed by atoms with Gasteiger partial charge in [-0.05, 0) is 48.4 Å². The molecule has 0 aromatic carbocycles. The summed E-state index contributed by atoms with van der Waals surface area (Å²) in [7, 11) is 0. The van der Waals surface area contributed by atoms with E-state index in [-0.39, 0.29) is 0 Å². The van der Waals surface area contributed by atoms with E-state index in [0.717, 1.165) is 6.42 Å². The molecule has 1 aromatic heterocycles. The zero-order valence-electron chi connectivity index (χ0n) is 7.35. The van der Waals surface area contributed by atoms with Crippen molar-refractivity contribution in [2.75, 3.05) is 0 Å². The van der Waals surface area contributed by atoms with E-state index >= 15 is 0 Å². The molecule has 1 aromatic rings. The Morgan fingerprint density at radius 3 is 2.75 bits per heavy atom. The first-order chi connectivity index (χ1) is 5.79. The first kappa shape index (κ1) is 7.81. The summed E-state index contributed by atoms with van der Waals surface area (Å²) in [6.45, 7) is 4.34. The number of aryl methyl sites for hydroxylation is 1. The fraction of sp³-hybridized carbons (Fsp3) is 0.273. The molecule has 0 amide bonds. The van der Waals surface area contributed by atoms with Crippen molar-refractivity contribution in [1.82, 2.24) is 0 Å². The zero-order valence-corrected chi connectivity index (χ0v) is 8.16. The standard InChI is InChI=1S/C11H11S/c1-8-7-12-11(9(8)2)10-5-3-4-6-10/h3,5,7H,4H2,1-2H3. The van der Waals surface area contributed by atoms with E-state index in [9.17, 15) is 0 Å². The summed E-state index contributed by atoms with van der Waals surface area (Å²) in [6.07, 6.45) is 8.64. The highest BCUT2D eigenvalue weighted by Gasteiger charge is 2.08. The minimum Gasteiger partial charge on any atom is -0.143 e. The first-order valence-electron chi connectivity index (χ1n) is 4.11. The third-order valence-corrected chi connectivity index (χ3v) is 3.46. The van der Waals surface area contributed by atoms with Gasteiger partial charge in [-0.15, -0.1) is 11.3 Å². The molecule has 1 heteroatoms. The van der Waals surface area contributed by atoms with Crippen LogP contribution in [0, 0.1) is 19.9 Å². The Morgan fingerprint density at radius 1 is 1.42 bits per heavy atom. The lowest BCUT2D eigenvalue weighted by atomic mass is 10.1. The van der Waals surface area contributed by atoms with Crippen LogP contribution in [-0.4, -0.2) is 0 Å². The molecule has 0 atom stereocenters. The van der Waals surface area contributed by atoms with Crippen molar-refractivity contribution in [2.24, 2.45) is 0 Å². The summed E-state index contributed by atoms with van der Waals surface area (Å²) in [5, 5.41) is 2.21. The average molecular weight is 175 g/mol. The van der Waals surface area contributed by atoms with Crippen LogP contribution in [0.3, 0.4) is 0 Å². The van der Waals surface area contributed by atoms with Crippen molar-refractivity contribution >= 4 is 16.9 Å². The normalized spacial score (nSPS) is 15.3. The van der Waals surface area contributed by atoms with Crippen molar-refractivity contribution in [3.8, 4) is 0 Å². The lowest BCUT2D eigenvalue weighted by molar-refractivity contribution is 1.38. The molecule has 61 valence electrons. The Balaban J connectivity index is 2.46. The highest BCUT2D eigenvalue weighted by Crippen LogP contribution is 2.30. The Bertz CT molecular complexity index is 353. The molecule has 0 unspecified atom stereocenters. The lowest BCUT2D eigenvalue weighted by Crippen LogP contribution is -1.78.